The third-order valence-corrected chi connectivity index (χ3v) is 3.45. The van der Waals surface area contributed by atoms with Crippen molar-refractivity contribution in [3.63, 3.8) is 0 Å². The largest absolute Gasteiger partial charge is 0.320 e. The van der Waals surface area contributed by atoms with Gasteiger partial charge in [-0.3, -0.25) is 0 Å². The molecule has 0 saturated heterocycles. The molecular formula is C11H24N2. The summed E-state index contributed by atoms with van der Waals surface area (Å²) in [6.07, 6.45) is 4.15. The molecule has 0 aromatic carbocycles. The first kappa shape index (κ1) is 11.0. The lowest BCUT2D eigenvalue weighted by atomic mass is 10.1. The second-order valence-electron chi connectivity index (χ2n) is 4.48. The Morgan fingerprint density at radius 2 is 2.00 bits per heavy atom. The Morgan fingerprint density at radius 3 is 2.46 bits per heavy atom. The van der Waals surface area contributed by atoms with Gasteiger partial charge in [0, 0.05) is 12.1 Å². The number of nitrogens with zero attached hydrogens (tertiary/aromatic N) is 1. The number of hydrogen-bond donors (Lipinski definition) is 1. The van der Waals surface area contributed by atoms with Gasteiger partial charge in [0.15, 0.2) is 0 Å². The van der Waals surface area contributed by atoms with E-state index >= 15 is 0 Å². The Morgan fingerprint density at radius 1 is 1.38 bits per heavy atom. The lowest BCUT2D eigenvalue weighted by Gasteiger charge is -2.31. The van der Waals surface area contributed by atoms with Gasteiger partial charge in [-0.2, -0.15) is 0 Å². The molecule has 1 fully saturated rings. The molecule has 1 saturated carbocycles. The van der Waals surface area contributed by atoms with Crippen LogP contribution in [0.3, 0.4) is 0 Å². The van der Waals surface area contributed by atoms with Gasteiger partial charge in [0.25, 0.3) is 0 Å². The van der Waals surface area contributed by atoms with Crippen LogP contribution < -0.4 is 5.32 Å². The third kappa shape index (κ3) is 3.28. The predicted octanol–water partition coefficient (Wildman–Crippen LogP) is 1.71. The van der Waals surface area contributed by atoms with Crippen molar-refractivity contribution in [2.45, 2.75) is 45.2 Å². The molecule has 0 heterocycles. The summed E-state index contributed by atoms with van der Waals surface area (Å²) in [4.78, 5) is 2.54. The Bertz CT molecular complexity index is 143. The Kier molecular flexibility index (Phi) is 4.20. The molecule has 0 amide bonds. The minimum absolute atomic E-state index is 0.711. The highest BCUT2D eigenvalue weighted by atomic mass is 15.2. The van der Waals surface area contributed by atoms with Crippen LogP contribution >= 0.6 is 0 Å². The van der Waals surface area contributed by atoms with Gasteiger partial charge in [-0.15, -0.1) is 0 Å². The Labute approximate surface area is 82.7 Å². The summed E-state index contributed by atoms with van der Waals surface area (Å²) in [6.45, 7) is 5.83. The standard InChI is InChI=1S/C11H24N2/c1-9(7-8-12-3)13(4)10(2)11-5-6-11/h9-12H,5-8H2,1-4H3. The highest BCUT2D eigenvalue weighted by Crippen LogP contribution is 2.35. The average Bonchev–Trinajstić information content (AvgIpc) is 2.94. The van der Waals surface area contributed by atoms with Crippen LogP contribution in [0.15, 0.2) is 0 Å². The van der Waals surface area contributed by atoms with Crippen LogP contribution in [-0.2, 0) is 0 Å². The summed E-state index contributed by atoms with van der Waals surface area (Å²) in [5, 5.41) is 3.21. The summed E-state index contributed by atoms with van der Waals surface area (Å²) in [7, 11) is 4.29. The summed E-state index contributed by atoms with van der Waals surface area (Å²) in [5.41, 5.74) is 0. The molecule has 13 heavy (non-hydrogen) atoms. The normalized spacial score (nSPS) is 21.9. The van der Waals surface area contributed by atoms with Crippen molar-refractivity contribution < 1.29 is 0 Å². The van der Waals surface area contributed by atoms with Crippen molar-refractivity contribution >= 4 is 0 Å². The first-order valence-electron chi connectivity index (χ1n) is 5.53. The van der Waals surface area contributed by atoms with Crippen LogP contribution in [0.25, 0.3) is 0 Å². The molecule has 2 nitrogen and oxygen atoms in total. The first-order chi connectivity index (χ1) is 6.16. The molecule has 0 aliphatic heterocycles. The fourth-order valence-corrected chi connectivity index (χ4v) is 1.87. The minimum atomic E-state index is 0.711. The second-order valence-corrected chi connectivity index (χ2v) is 4.48. The van der Waals surface area contributed by atoms with Crippen LogP contribution in [0, 0.1) is 5.92 Å². The van der Waals surface area contributed by atoms with Gasteiger partial charge < -0.3 is 10.2 Å². The lowest BCUT2D eigenvalue weighted by molar-refractivity contribution is 0.170. The highest BCUT2D eigenvalue weighted by molar-refractivity contribution is 4.85. The molecule has 0 spiro atoms. The topological polar surface area (TPSA) is 15.3 Å². The zero-order valence-electron chi connectivity index (χ0n) is 9.51. The second kappa shape index (κ2) is 4.97. The molecule has 0 bridgehead atoms. The van der Waals surface area contributed by atoms with E-state index in [9.17, 15) is 0 Å². The van der Waals surface area contributed by atoms with Crippen molar-refractivity contribution in [3.8, 4) is 0 Å². The summed E-state index contributed by atoms with van der Waals surface area (Å²) < 4.78 is 0. The maximum Gasteiger partial charge on any atom is 0.00949 e. The van der Waals surface area contributed by atoms with Crippen LogP contribution in [0.5, 0.6) is 0 Å². The predicted molar refractivity (Wildman–Crippen MR) is 58.0 cm³/mol. The van der Waals surface area contributed by atoms with Crippen LogP contribution in [0.2, 0.25) is 0 Å². The maximum absolute atomic E-state index is 3.21. The first-order valence-corrected chi connectivity index (χ1v) is 5.53. The molecule has 1 N–H and O–H groups in total. The summed E-state index contributed by atoms with van der Waals surface area (Å²) >= 11 is 0. The van der Waals surface area contributed by atoms with Gasteiger partial charge in [-0.1, -0.05) is 0 Å². The average molecular weight is 184 g/mol. The highest BCUT2D eigenvalue weighted by Gasteiger charge is 2.31. The van der Waals surface area contributed by atoms with E-state index in [1.54, 1.807) is 0 Å². The van der Waals surface area contributed by atoms with E-state index < -0.39 is 0 Å². The van der Waals surface area contributed by atoms with E-state index in [2.05, 4.69) is 31.1 Å². The van der Waals surface area contributed by atoms with Crippen LogP contribution in [-0.4, -0.2) is 37.6 Å². The molecule has 2 unspecified atom stereocenters. The summed E-state index contributed by atoms with van der Waals surface area (Å²) in [6, 6.07) is 1.50. The van der Waals surface area contributed by atoms with E-state index in [-0.39, 0.29) is 0 Å². The smallest absolute Gasteiger partial charge is 0.00949 e. The van der Waals surface area contributed by atoms with E-state index in [0.29, 0.717) is 6.04 Å². The van der Waals surface area contributed by atoms with Crippen LogP contribution in [0.1, 0.15) is 33.1 Å². The zero-order valence-corrected chi connectivity index (χ0v) is 9.51. The van der Waals surface area contributed by atoms with Gasteiger partial charge >= 0.3 is 0 Å². The molecule has 2 atom stereocenters. The SMILES string of the molecule is CNCCC(C)N(C)C(C)C1CC1. The molecule has 0 radical (unpaired) electrons. The van der Waals surface area contributed by atoms with Gasteiger partial charge in [0.1, 0.15) is 0 Å². The summed E-state index contributed by atoms with van der Waals surface area (Å²) in [5.74, 6) is 0.988. The minimum Gasteiger partial charge on any atom is -0.320 e. The van der Waals surface area contributed by atoms with Gasteiger partial charge in [-0.05, 0) is 59.7 Å². The van der Waals surface area contributed by atoms with E-state index in [1.807, 2.05) is 7.05 Å². The fourth-order valence-electron chi connectivity index (χ4n) is 1.87. The number of rotatable bonds is 6. The van der Waals surface area contributed by atoms with E-state index in [0.717, 1.165) is 18.5 Å². The number of nitrogens with one attached hydrogen (secondary N) is 1. The number of hydrogen-bond acceptors (Lipinski definition) is 2. The lowest BCUT2D eigenvalue weighted by Crippen LogP contribution is -2.39. The van der Waals surface area contributed by atoms with Gasteiger partial charge in [0.2, 0.25) is 0 Å². The quantitative estimate of drug-likeness (QED) is 0.676. The van der Waals surface area contributed by atoms with Crippen LogP contribution in [0.4, 0.5) is 0 Å². The van der Waals surface area contributed by atoms with E-state index in [4.69, 9.17) is 0 Å². The Balaban J connectivity index is 2.23. The van der Waals surface area contributed by atoms with Gasteiger partial charge in [-0.25, -0.2) is 0 Å². The molecule has 2 heteroatoms. The molecule has 0 aromatic rings. The van der Waals surface area contributed by atoms with E-state index in [1.165, 1.54) is 19.3 Å². The molecule has 78 valence electrons. The van der Waals surface area contributed by atoms with Crippen molar-refractivity contribution in [3.05, 3.63) is 0 Å². The molecule has 0 aromatic heterocycles. The molecule has 1 rings (SSSR count). The molecule has 1 aliphatic rings. The van der Waals surface area contributed by atoms with Crippen molar-refractivity contribution in [1.29, 1.82) is 0 Å². The maximum atomic E-state index is 3.21. The van der Waals surface area contributed by atoms with Crippen molar-refractivity contribution in [2.75, 3.05) is 20.6 Å². The van der Waals surface area contributed by atoms with Gasteiger partial charge in [0.05, 0.1) is 0 Å². The zero-order chi connectivity index (χ0) is 9.84. The Hall–Kier alpha value is -0.0800. The van der Waals surface area contributed by atoms with Crippen molar-refractivity contribution in [2.24, 2.45) is 5.92 Å². The third-order valence-electron chi connectivity index (χ3n) is 3.45. The monoisotopic (exact) mass is 184 g/mol. The molecule has 1 aliphatic carbocycles. The molecular weight excluding hydrogens is 160 g/mol. The fraction of sp³-hybridized carbons (Fsp3) is 1.00. The van der Waals surface area contributed by atoms with Crippen molar-refractivity contribution in [1.82, 2.24) is 10.2 Å².